The first kappa shape index (κ1) is 13.0. The van der Waals surface area contributed by atoms with Crippen LogP contribution in [0.2, 0.25) is 10.0 Å². The minimum Gasteiger partial charge on any atom is -0.387 e. The van der Waals surface area contributed by atoms with Crippen LogP contribution in [0.5, 0.6) is 0 Å². The number of carbonyl (C=O) groups is 1. The zero-order valence-electron chi connectivity index (χ0n) is 9.32. The molecule has 1 amide bonds. The number of fused-ring (bicyclic) bond motifs is 1. The number of benzene rings is 1. The van der Waals surface area contributed by atoms with E-state index in [1.165, 1.54) is 19.1 Å². The molecule has 7 heteroatoms. The molecule has 0 fully saturated rings. The normalized spacial score (nSPS) is 12.7. The summed E-state index contributed by atoms with van der Waals surface area (Å²) in [7, 11) is 0. The van der Waals surface area contributed by atoms with Gasteiger partial charge in [-0.1, -0.05) is 23.2 Å². The molecule has 3 N–H and O–H groups in total. The van der Waals surface area contributed by atoms with Gasteiger partial charge < -0.3 is 10.8 Å². The lowest BCUT2D eigenvalue weighted by Crippen LogP contribution is -2.18. The van der Waals surface area contributed by atoms with Crippen LogP contribution in [-0.2, 0) is 0 Å². The van der Waals surface area contributed by atoms with E-state index in [4.69, 9.17) is 28.9 Å². The van der Waals surface area contributed by atoms with E-state index in [2.05, 4.69) is 9.97 Å². The van der Waals surface area contributed by atoms with Crippen LogP contribution in [0, 0.1) is 0 Å². The number of aliphatic hydroxyl groups excluding tert-OH is 1. The van der Waals surface area contributed by atoms with E-state index in [1.54, 1.807) is 0 Å². The van der Waals surface area contributed by atoms with Gasteiger partial charge in [0.25, 0.3) is 5.91 Å². The van der Waals surface area contributed by atoms with E-state index >= 15 is 0 Å². The summed E-state index contributed by atoms with van der Waals surface area (Å²) in [5.74, 6) is -0.767. The Balaban J connectivity index is 2.84. The van der Waals surface area contributed by atoms with E-state index < -0.39 is 12.0 Å². The van der Waals surface area contributed by atoms with Crippen molar-refractivity contribution in [2.75, 3.05) is 0 Å². The molecule has 18 heavy (non-hydrogen) atoms. The highest BCUT2D eigenvalue weighted by molar-refractivity contribution is 6.38. The maximum atomic E-state index is 11.3. The maximum absolute atomic E-state index is 11.3. The Bertz CT molecular complexity index is 644. The fourth-order valence-electron chi connectivity index (χ4n) is 1.57. The van der Waals surface area contributed by atoms with Crippen molar-refractivity contribution in [2.45, 2.75) is 13.0 Å². The summed E-state index contributed by atoms with van der Waals surface area (Å²) < 4.78 is 0. The summed E-state index contributed by atoms with van der Waals surface area (Å²) >= 11 is 11.8. The summed E-state index contributed by atoms with van der Waals surface area (Å²) in [6, 6.07) is 3.03. The van der Waals surface area contributed by atoms with Crippen molar-refractivity contribution >= 4 is 40.1 Å². The second kappa shape index (κ2) is 4.68. The molecule has 1 aromatic heterocycles. The molecule has 0 aliphatic rings. The highest BCUT2D eigenvalue weighted by Gasteiger charge is 2.18. The van der Waals surface area contributed by atoms with Crippen LogP contribution >= 0.6 is 23.2 Å². The SMILES string of the molecule is CC(O)c1nc2c(Cl)cc(Cl)cc2nc1C(N)=O. The quantitative estimate of drug-likeness (QED) is 0.884. The number of aromatic nitrogens is 2. The molecule has 0 saturated carbocycles. The van der Waals surface area contributed by atoms with Crippen molar-refractivity contribution in [3.05, 3.63) is 33.6 Å². The summed E-state index contributed by atoms with van der Waals surface area (Å²) in [5, 5.41) is 10.3. The number of hydrogen-bond donors (Lipinski definition) is 2. The van der Waals surface area contributed by atoms with Crippen LogP contribution < -0.4 is 5.73 Å². The molecule has 0 bridgehead atoms. The first-order valence-corrected chi connectivity index (χ1v) is 5.80. The summed E-state index contributed by atoms with van der Waals surface area (Å²) in [5.41, 5.74) is 5.93. The van der Waals surface area contributed by atoms with E-state index in [0.717, 1.165) is 0 Å². The van der Waals surface area contributed by atoms with E-state index in [9.17, 15) is 9.90 Å². The monoisotopic (exact) mass is 285 g/mol. The molecule has 1 aromatic carbocycles. The maximum Gasteiger partial charge on any atom is 0.269 e. The van der Waals surface area contributed by atoms with Crippen molar-refractivity contribution in [3.63, 3.8) is 0 Å². The molecule has 5 nitrogen and oxygen atoms in total. The molecule has 1 unspecified atom stereocenters. The van der Waals surface area contributed by atoms with Crippen LogP contribution in [0.25, 0.3) is 11.0 Å². The van der Waals surface area contributed by atoms with E-state index in [-0.39, 0.29) is 11.4 Å². The van der Waals surface area contributed by atoms with Crippen molar-refractivity contribution in [1.82, 2.24) is 9.97 Å². The highest BCUT2D eigenvalue weighted by atomic mass is 35.5. The lowest BCUT2D eigenvalue weighted by molar-refractivity contribution is 0.0987. The first-order valence-electron chi connectivity index (χ1n) is 5.04. The number of rotatable bonds is 2. The molecule has 0 saturated heterocycles. The summed E-state index contributed by atoms with van der Waals surface area (Å²) in [4.78, 5) is 19.5. The zero-order valence-corrected chi connectivity index (χ0v) is 10.8. The number of amides is 1. The molecule has 0 radical (unpaired) electrons. The van der Waals surface area contributed by atoms with Gasteiger partial charge in [0.1, 0.15) is 11.2 Å². The zero-order chi connectivity index (χ0) is 13.4. The Morgan fingerprint density at radius 2 is 2.06 bits per heavy atom. The van der Waals surface area contributed by atoms with Crippen LogP contribution in [0.15, 0.2) is 12.1 Å². The average molecular weight is 286 g/mol. The second-order valence-corrected chi connectivity index (χ2v) is 4.60. The minimum absolute atomic E-state index is 0.0872. The third kappa shape index (κ3) is 2.25. The van der Waals surface area contributed by atoms with Gasteiger partial charge in [0, 0.05) is 5.02 Å². The van der Waals surface area contributed by atoms with Crippen molar-refractivity contribution in [1.29, 1.82) is 0 Å². The van der Waals surface area contributed by atoms with Crippen molar-refractivity contribution in [2.24, 2.45) is 5.73 Å². The third-order valence-corrected chi connectivity index (χ3v) is 2.85. The molecule has 2 aromatic rings. The molecule has 2 rings (SSSR count). The third-order valence-electron chi connectivity index (χ3n) is 2.34. The predicted molar refractivity (Wildman–Crippen MR) is 68.7 cm³/mol. The van der Waals surface area contributed by atoms with Gasteiger partial charge in [0.05, 0.1) is 16.6 Å². The van der Waals surface area contributed by atoms with Crippen LogP contribution in [0.4, 0.5) is 0 Å². The number of nitrogens with zero attached hydrogens (tertiary/aromatic N) is 2. The van der Waals surface area contributed by atoms with Crippen LogP contribution in [0.1, 0.15) is 29.2 Å². The number of hydrogen-bond acceptors (Lipinski definition) is 4. The number of carbonyl (C=O) groups excluding carboxylic acids is 1. The number of nitrogens with two attached hydrogens (primary N) is 1. The largest absolute Gasteiger partial charge is 0.387 e. The number of primary amides is 1. The molecule has 0 spiro atoms. The van der Waals surface area contributed by atoms with Gasteiger partial charge in [0.15, 0.2) is 5.69 Å². The minimum atomic E-state index is -0.976. The van der Waals surface area contributed by atoms with Crippen molar-refractivity contribution < 1.29 is 9.90 Å². The molecule has 1 heterocycles. The van der Waals surface area contributed by atoms with Crippen LogP contribution in [-0.4, -0.2) is 21.0 Å². The van der Waals surface area contributed by atoms with Crippen molar-refractivity contribution in [3.8, 4) is 0 Å². The fourth-order valence-corrected chi connectivity index (χ4v) is 2.10. The molecule has 0 aliphatic heterocycles. The van der Waals surface area contributed by atoms with Gasteiger partial charge in [-0.15, -0.1) is 0 Å². The van der Waals surface area contributed by atoms with Crippen LogP contribution in [0.3, 0.4) is 0 Å². The predicted octanol–water partition coefficient (Wildman–Crippen LogP) is 2.09. The van der Waals surface area contributed by atoms with Gasteiger partial charge >= 0.3 is 0 Å². The average Bonchev–Trinajstić information content (AvgIpc) is 2.26. The summed E-state index contributed by atoms with van der Waals surface area (Å²) in [6.07, 6.45) is -0.976. The topological polar surface area (TPSA) is 89.1 Å². The molecular formula is C11H9Cl2N3O2. The summed E-state index contributed by atoms with van der Waals surface area (Å²) in [6.45, 7) is 1.46. The number of aliphatic hydroxyl groups is 1. The van der Waals surface area contributed by atoms with Gasteiger partial charge in [-0.2, -0.15) is 0 Å². The Kier molecular flexibility index (Phi) is 3.38. The standard InChI is InChI=1S/C11H9Cl2N3O2/c1-4(17)8-10(11(14)18)15-7-3-5(12)2-6(13)9(7)16-8/h2-4,17H,1H3,(H2,14,18). The Morgan fingerprint density at radius 3 is 2.61 bits per heavy atom. The Morgan fingerprint density at radius 1 is 1.39 bits per heavy atom. The number of halogens is 2. The van der Waals surface area contributed by atoms with Gasteiger partial charge in [-0.3, -0.25) is 4.79 Å². The molecule has 94 valence electrons. The second-order valence-electron chi connectivity index (χ2n) is 3.75. The smallest absolute Gasteiger partial charge is 0.269 e. The van der Waals surface area contributed by atoms with Gasteiger partial charge in [0.2, 0.25) is 0 Å². The van der Waals surface area contributed by atoms with Gasteiger partial charge in [-0.25, -0.2) is 9.97 Å². The lowest BCUT2D eigenvalue weighted by Gasteiger charge is -2.10. The Hall–Kier alpha value is -1.43. The van der Waals surface area contributed by atoms with E-state index in [1.807, 2.05) is 0 Å². The first-order chi connectivity index (χ1) is 8.40. The van der Waals surface area contributed by atoms with E-state index in [0.29, 0.717) is 21.1 Å². The lowest BCUT2D eigenvalue weighted by atomic mass is 10.2. The fraction of sp³-hybridized carbons (Fsp3) is 0.182. The molecular weight excluding hydrogens is 277 g/mol. The van der Waals surface area contributed by atoms with Gasteiger partial charge in [-0.05, 0) is 19.1 Å². The molecule has 0 aliphatic carbocycles. The Labute approximate surface area is 113 Å². The highest BCUT2D eigenvalue weighted by Crippen LogP contribution is 2.27. The molecule has 1 atom stereocenters.